The SMILES string of the molecule is CC(C)CC(C)OCC(O)CN[C@H](C)c1ccccc1F. The highest BCUT2D eigenvalue weighted by atomic mass is 19.1. The number of aliphatic hydroxyl groups is 1. The van der Waals surface area contributed by atoms with Gasteiger partial charge in [-0.3, -0.25) is 0 Å². The van der Waals surface area contributed by atoms with Gasteiger partial charge in [-0.1, -0.05) is 32.0 Å². The fraction of sp³-hybridized carbons (Fsp3) is 0.647. The van der Waals surface area contributed by atoms with Crippen LogP contribution in [0.4, 0.5) is 4.39 Å². The van der Waals surface area contributed by atoms with Crippen LogP contribution in [0.2, 0.25) is 0 Å². The van der Waals surface area contributed by atoms with Crippen molar-refractivity contribution in [2.45, 2.75) is 52.4 Å². The van der Waals surface area contributed by atoms with Crippen molar-refractivity contribution in [3.63, 3.8) is 0 Å². The quantitative estimate of drug-likeness (QED) is 0.735. The number of benzene rings is 1. The third-order valence-electron chi connectivity index (χ3n) is 3.41. The van der Waals surface area contributed by atoms with Crippen LogP contribution in [0.3, 0.4) is 0 Å². The molecule has 0 heterocycles. The molecular formula is C17H28FNO2. The van der Waals surface area contributed by atoms with Crippen LogP contribution in [0.5, 0.6) is 0 Å². The zero-order chi connectivity index (χ0) is 15.8. The Morgan fingerprint density at radius 3 is 2.48 bits per heavy atom. The summed E-state index contributed by atoms with van der Waals surface area (Å²) in [5.41, 5.74) is 0.610. The van der Waals surface area contributed by atoms with Crippen LogP contribution in [0.25, 0.3) is 0 Å². The summed E-state index contributed by atoms with van der Waals surface area (Å²) < 4.78 is 19.2. The fourth-order valence-corrected chi connectivity index (χ4v) is 2.32. The van der Waals surface area contributed by atoms with Gasteiger partial charge in [0.05, 0.1) is 18.8 Å². The van der Waals surface area contributed by atoms with E-state index < -0.39 is 6.10 Å². The lowest BCUT2D eigenvalue weighted by Crippen LogP contribution is -2.33. The molecule has 0 aliphatic carbocycles. The molecular weight excluding hydrogens is 269 g/mol. The van der Waals surface area contributed by atoms with E-state index in [9.17, 15) is 9.50 Å². The predicted octanol–water partition coefficient (Wildman–Crippen LogP) is 3.29. The van der Waals surface area contributed by atoms with E-state index in [0.717, 1.165) is 6.42 Å². The van der Waals surface area contributed by atoms with Gasteiger partial charge in [-0.05, 0) is 32.3 Å². The molecule has 2 N–H and O–H groups in total. The van der Waals surface area contributed by atoms with Crippen LogP contribution in [0.15, 0.2) is 24.3 Å². The second-order valence-electron chi connectivity index (χ2n) is 6.08. The number of hydrogen-bond acceptors (Lipinski definition) is 3. The summed E-state index contributed by atoms with van der Waals surface area (Å²) in [6.07, 6.45) is 0.531. The van der Waals surface area contributed by atoms with E-state index in [0.29, 0.717) is 24.6 Å². The number of ether oxygens (including phenoxy) is 1. The lowest BCUT2D eigenvalue weighted by molar-refractivity contribution is -0.00916. The topological polar surface area (TPSA) is 41.5 Å². The fourth-order valence-electron chi connectivity index (χ4n) is 2.32. The van der Waals surface area contributed by atoms with Gasteiger partial charge in [0.1, 0.15) is 5.82 Å². The Morgan fingerprint density at radius 2 is 1.86 bits per heavy atom. The second kappa shape index (κ2) is 9.13. The number of hydrogen-bond donors (Lipinski definition) is 2. The summed E-state index contributed by atoms with van der Waals surface area (Å²) in [5, 5.41) is 13.1. The summed E-state index contributed by atoms with van der Waals surface area (Å²) in [6.45, 7) is 8.87. The van der Waals surface area contributed by atoms with Gasteiger partial charge in [0, 0.05) is 18.2 Å². The van der Waals surface area contributed by atoms with E-state index in [2.05, 4.69) is 19.2 Å². The molecule has 0 radical (unpaired) electrons. The molecule has 0 aliphatic rings. The molecule has 4 heteroatoms. The maximum absolute atomic E-state index is 13.6. The first-order chi connectivity index (χ1) is 9.90. The van der Waals surface area contributed by atoms with Crippen molar-refractivity contribution < 1.29 is 14.2 Å². The minimum Gasteiger partial charge on any atom is -0.389 e. The number of aliphatic hydroxyl groups excluding tert-OH is 1. The first-order valence-electron chi connectivity index (χ1n) is 7.67. The van der Waals surface area contributed by atoms with Gasteiger partial charge >= 0.3 is 0 Å². The Kier molecular flexibility index (Phi) is 7.86. The smallest absolute Gasteiger partial charge is 0.127 e. The van der Waals surface area contributed by atoms with Gasteiger partial charge in [0.2, 0.25) is 0 Å². The van der Waals surface area contributed by atoms with Crippen molar-refractivity contribution in [3.05, 3.63) is 35.6 Å². The van der Waals surface area contributed by atoms with Crippen LogP contribution in [-0.2, 0) is 4.74 Å². The molecule has 0 saturated carbocycles. The van der Waals surface area contributed by atoms with Crippen LogP contribution >= 0.6 is 0 Å². The van der Waals surface area contributed by atoms with Crippen molar-refractivity contribution in [2.24, 2.45) is 5.92 Å². The zero-order valence-corrected chi connectivity index (χ0v) is 13.5. The van der Waals surface area contributed by atoms with Crippen molar-refractivity contribution in [1.29, 1.82) is 0 Å². The summed E-state index contributed by atoms with van der Waals surface area (Å²) in [7, 11) is 0. The standard InChI is InChI=1S/C17H28FNO2/c1-12(2)9-13(3)21-11-15(20)10-19-14(4)16-7-5-6-8-17(16)18/h5-8,12-15,19-20H,9-11H2,1-4H3/t13?,14-,15?/m1/s1. The monoisotopic (exact) mass is 297 g/mol. The Labute approximate surface area is 127 Å². The lowest BCUT2D eigenvalue weighted by Gasteiger charge is -2.20. The van der Waals surface area contributed by atoms with Crippen LogP contribution in [0, 0.1) is 11.7 Å². The van der Waals surface area contributed by atoms with E-state index in [1.807, 2.05) is 19.9 Å². The number of halogens is 1. The predicted molar refractivity (Wildman–Crippen MR) is 83.7 cm³/mol. The first kappa shape index (κ1) is 18.1. The molecule has 21 heavy (non-hydrogen) atoms. The van der Waals surface area contributed by atoms with E-state index in [1.165, 1.54) is 6.07 Å². The third kappa shape index (κ3) is 7.02. The minimum atomic E-state index is -0.589. The van der Waals surface area contributed by atoms with Crippen molar-refractivity contribution in [1.82, 2.24) is 5.32 Å². The highest BCUT2D eigenvalue weighted by Crippen LogP contribution is 2.15. The molecule has 1 aromatic carbocycles. The molecule has 1 aromatic rings. The summed E-state index contributed by atoms with van der Waals surface area (Å²) in [6, 6.07) is 6.53. The van der Waals surface area contributed by atoms with Gasteiger partial charge in [0.15, 0.2) is 0 Å². The molecule has 3 atom stereocenters. The maximum Gasteiger partial charge on any atom is 0.127 e. The lowest BCUT2D eigenvalue weighted by atomic mass is 10.1. The third-order valence-corrected chi connectivity index (χ3v) is 3.41. The Balaban J connectivity index is 2.29. The van der Waals surface area contributed by atoms with E-state index in [1.54, 1.807) is 12.1 Å². The molecule has 0 spiro atoms. The van der Waals surface area contributed by atoms with Crippen molar-refractivity contribution in [2.75, 3.05) is 13.2 Å². The van der Waals surface area contributed by atoms with Gasteiger partial charge in [-0.2, -0.15) is 0 Å². The Morgan fingerprint density at radius 1 is 1.19 bits per heavy atom. The van der Waals surface area contributed by atoms with Crippen LogP contribution in [0.1, 0.15) is 45.7 Å². The molecule has 0 aromatic heterocycles. The van der Waals surface area contributed by atoms with Gasteiger partial charge in [-0.15, -0.1) is 0 Å². The van der Waals surface area contributed by atoms with Gasteiger partial charge in [-0.25, -0.2) is 4.39 Å². The zero-order valence-electron chi connectivity index (χ0n) is 13.5. The molecule has 0 fully saturated rings. The molecule has 3 nitrogen and oxygen atoms in total. The van der Waals surface area contributed by atoms with Crippen LogP contribution in [-0.4, -0.2) is 30.5 Å². The Hall–Kier alpha value is -0.970. The highest BCUT2D eigenvalue weighted by molar-refractivity contribution is 5.20. The molecule has 2 unspecified atom stereocenters. The van der Waals surface area contributed by atoms with Crippen molar-refractivity contribution in [3.8, 4) is 0 Å². The summed E-state index contributed by atoms with van der Waals surface area (Å²) in [4.78, 5) is 0. The first-order valence-corrected chi connectivity index (χ1v) is 7.67. The largest absolute Gasteiger partial charge is 0.389 e. The molecule has 1 rings (SSSR count). The molecule has 0 amide bonds. The average Bonchev–Trinajstić information content (AvgIpc) is 2.42. The van der Waals surface area contributed by atoms with E-state index in [-0.39, 0.29) is 18.0 Å². The van der Waals surface area contributed by atoms with Crippen molar-refractivity contribution >= 4 is 0 Å². The summed E-state index contributed by atoms with van der Waals surface area (Å²) >= 11 is 0. The summed E-state index contributed by atoms with van der Waals surface area (Å²) in [5.74, 6) is 0.352. The van der Waals surface area contributed by atoms with Gasteiger partial charge in [0.25, 0.3) is 0 Å². The maximum atomic E-state index is 13.6. The second-order valence-corrected chi connectivity index (χ2v) is 6.08. The highest BCUT2D eigenvalue weighted by Gasteiger charge is 2.13. The normalized spacial score (nSPS) is 16.0. The number of rotatable bonds is 9. The average molecular weight is 297 g/mol. The molecule has 120 valence electrons. The number of nitrogens with one attached hydrogen (secondary N) is 1. The molecule has 0 saturated heterocycles. The minimum absolute atomic E-state index is 0.142. The molecule has 0 aliphatic heterocycles. The van der Waals surface area contributed by atoms with E-state index >= 15 is 0 Å². The van der Waals surface area contributed by atoms with Crippen LogP contribution < -0.4 is 5.32 Å². The van der Waals surface area contributed by atoms with E-state index in [4.69, 9.17) is 4.74 Å². The van der Waals surface area contributed by atoms with Gasteiger partial charge < -0.3 is 15.2 Å². The molecule has 0 bridgehead atoms. The Bertz CT molecular complexity index is 412.